The zero-order valence-electron chi connectivity index (χ0n) is 33.2. The van der Waals surface area contributed by atoms with Gasteiger partial charge in [-0.25, -0.2) is 0 Å². The maximum atomic E-state index is 6.97. The van der Waals surface area contributed by atoms with Gasteiger partial charge in [-0.1, -0.05) is 182 Å². The SMILES string of the molecule is c1ccc(-c2ccc(N(c3ccccc3)c3cccc4oc5c6ccccc6c(-c6cccc7c6-c6ccccc6C76c7ccccc7-c7ccccc76)cc5c34)cc2)cc1. The van der Waals surface area contributed by atoms with Crippen LogP contribution in [0.5, 0.6) is 0 Å². The lowest BCUT2D eigenvalue weighted by molar-refractivity contribution is 0.672. The van der Waals surface area contributed by atoms with E-state index in [1.807, 2.05) is 0 Å². The van der Waals surface area contributed by atoms with Crippen molar-refractivity contribution in [2.75, 3.05) is 4.90 Å². The van der Waals surface area contributed by atoms with Crippen LogP contribution < -0.4 is 4.90 Å². The molecule has 0 amide bonds. The van der Waals surface area contributed by atoms with Crippen molar-refractivity contribution in [2.24, 2.45) is 0 Å². The van der Waals surface area contributed by atoms with Gasteiger partial charge in [-0.05, 0) is 115 Å². The van der Waals surface area contributed by atoms with Crippen LogP contribution in [-0.4, -0.2) is 0 Å². The molecule has 0 N–H and O–H groups in total. The molecule has 11 aromatic rings. The Kier molecular flexibility index (Phi) is 7.26. The fraction of sp³-hybridized carbons (Fsp3) is 0.0169. The molecule has 2 aliphatic rings. The van der Waals surface area contributed by atoms with Crippen molar-refractivity contribution in [1.82, 2.24) is 0 Å². The standard InChI is InChI=1S/C59H37NO/c1-3-17-38(18-4-1)39-33-35-41(36-34-39)60(40-19-5-2-6-20-40)54-31-16-32-55-57(54)49-37-48(42-21-7-8-24-46(42)58(49)61-55)45-26-15-30-53-56(45)47-25-11-14-29-52(47)59(53)50-27-12-9-22-43(50)44-23-10-13-28-51(44)59/h1-37H. The predicted molar refractivity (Wildman–Crippen MR) is 253 cm³/mol. The van der Waals surface area contributed by atoms with Crippen molar-refractivity contribution >= 4 is 49.8 Å². The number of benzene rings is 10. The van der Waals surface area contributed by atoms with Gasteiger partial charge in [-0.3, -0.25) is 0 Å². The highest BCUT2D eigenvalue weighted by Crippen LogP contribution is 2.64. The highest BCUT2D eigenvalue weighted by molar-refractivity contribution is 6.23. The van der Waals surface area contributed by atoms with Gasteiger partial charge in [0.1, 0.15) is 11.2 Å². The molecule has 2 nitrogen and oxygen atoms in total. The number of furan rings is 1. The zero-order valence-corrected chi connectivity index (χ0v) is 33.2. The van der Waals surface area contributed by atoms with Crippen molar-refractivity contribution in [3.63, 3.8) is 0 Å². The van der Waals surface area contributed by atoms with E-state index in [1.165, 1.54) is 72.1 Å². The molecule has 284 valence electrons. The number of hydrogen-bond donors (Lipinski definition) is 0. The molecule has 1 heterocycles. The van der Waals surface area contributed by atoms with E-state index in [1.54, 1.807) is 0 Å². The topological polar surface area (TPSA) is 16.4 Å². The minimum Gasteiger partial charge on any atom is -0.455 e. The quantitative estimate of drug-likeness (QED) is 0.173. The molecule has 2 heteroatoms. The molecule has 0 unspecified atom stereocenters. The Morgan fingerprint density at radius 2 is 0.869 bits per heavy atom. The lowest BCUT2D eigenvalue weighted by Gasteiger charge is -2.30. The van der Waals surface area contributed by atoms with E-state index in [2.05, 4.69) is 229 Å². The van der Waals surface area contributed by atoms with E-state index < -0.39 is 5.41 Å². The van der Waals surface area contributed by atoms with Crippen molar-refractivity contribution in [3.05, 3.63) is 247 Å². The van der Waals surface area contributed by atoms with E-state index >= 15 is 0 Å². The Labute approximate surface area is 354 Å². The molecule has 0 saturated carbocycles. The Morgan fingerprint density at radius 1 is 0.344 bits per heavy atom. The number of para-hydroxylation sites is 1. The molecule has 0 saturated heterocycles. The number of fused-ring (bicyclic) bond motifs is 15. The summed E-state index contributed by atoms with van der Waals surface area (Å²) in [5, 5.41) is 4.46. The van der Waals surface area contributed by atoms with Gasteiger partial charge in [-0.2, -0.15) is 0 Å². The van der Waals surface area contributed by atoms with Crippen LogP contribution in [0.15, 0.2) is 229 Å². The molecule has 0 radical (unpaired) electrons. The van der Waals surface area contributed by atoms with Crippen molar-refractivity contribution in [1.29, 1.82) is 0 Å². The molecule has 0 aliphatic heterocycles. The van der Waals surface area contributed by atoms with E-state index in [-0.39, 0.29) is 0 Å². The van der Waals surface area contributed by atoms with Gasteiger partial charge < -0.3 is 9.32 Å². The molecule has 1 aromatic heterocycles. The van der Waals surface area contributed by atoms with E-state index in [4.69, 9.17) is 4.42 Å². The average Bonchev–Trinajstić information content (AvgIpc) is 3.97. The smallest absolute Gasteiger partial charge is 0.143 e. The summed E-state index contributed by atoms with van der Waals surface area (Å²) < 4.78 is 6.97. The first-order valence-corrected chi connectivity index (χ1v) is 21.1. The minimum atomic E-state index is -0.420. The second-order valence-corrected chi connectivity index (χ2v) is 16.3. The molecule has 61 heavy (non-hydrogen) atoms. The monoisotopic (exact) mass is 775 g/mol. The minimum absolute atomic E-state index is 0.420. The molecular weight excluding hydrogens is 739 g/mol. The van der Waals surface area contributed by atoms with Crippen LogP contribution in [0.3, 0.4) is 0 Å². The largest absolute Gasteiger partial charge is 0.455 e. The van der Waals surface area contributed by atoms with Crippen LogP contribution in [0.2, 0.25) is 0 Å². The van der Waals surface area contributed by atoms with Crippen molar-refractivity contribution in [2.45, 2.75) is 5.41 Å². The summed E-state index contributed by atoms with van der Waals surface area (Å²) >= 11 is 0. The van der Waals surface area contributed by atoms with Gasteiger partial charge in [0, 0.05) is 22.1 Å². The van der Waals surface area contributed by atoms with Gasteiger partial charge >= 0.3 is 0 Å². The Balaban J connectivity index is 1.08. The number of rotatable bonds is 5. The fourth-order valence-corrected chi connectivity index (χ4v) is 10.8. The third-order valence-electron chi connectivity index (χ3n) is 13.3. The van der Waals surface area contributed by atoms with Crippen LogP contribution in [0.4, 0.5) is 17.1 Å². The third-order valence-corrected chi connectivity index (χ3v) is 13.3. The summed E-state index contributed by atoms with van der Waals surface area (Å²) in [5.74, 6) is 0. The highest BCUT2D eigenvalue weighted by Gasteiger charge is 2.52. The van der Waals surface area contributed by atoms with Gasteiger partial charge in [-0.15, -0.1) is 0 Å². The fourth-order valence-electron chi connectivity index (χ4n) is 10.8. The van der Waals surface area contributed by atoms with Crippen LogP contribution in [0.1, 0.15) is 22.3 Å². The zero-order chi connectivity index (χ0) is 40.1. The van der Waals surface area contributed by atoms with Crippen LogP contribution in [0, 0.1) is 0 Å². The second-order valence-electron chi connectivity index (χ2n) is 16.3. The molecule has 0 fully saturated rings. The van der Waals surface area contributed by atoms with Crippen LogP contribution in [0.25, 0.3) is 77.2 Å². The number of nitrogens with zero attached hydrogens (tertiary/aromatic N) is 1. The van der Waals surface area contributed by atoms with Gasteiger partial charge in [0.25, 0.3) is 0 Å². The lowest BCUT2D eigenvalue weighted by atomic mass is 9.70. The molecule has 13 rings (SSSR count). The summed E-state index contributed by atoms with van der Waals surface area (Å²) in [4.78, 5) is 2.37. The normalized spacial score (nSPS) is 13.0. The van der Waals surface area contributed by atoms with Crippen LogP contribution in [-0.2, 0) is 5.41 Å². The summed E-state index contributed by atoms with van der Waals surface area (Å²) in [7, 11) is 0. The predicted octanol–water partition coefficient (Wildman–Crippen LogP) is 15.9. The summed E-state index contributed by atoms with van der Waals surface area (Å²) in [5.41, 5.74) is 20.0. The first kappa shape index (κ1) is 34.0. The molecule has 10 aromatic carbocycles. The molecular formula is C59H37NO. The van der Waals surface area contributed by atoms with Crippen molar-refractivity contribution in [3.8, 4) is 44.5 Å². The maximum absolute atomic E-state index is 6.97. The summed E-state index contributed by atoms with van der Waals surface area (Å²) in [6.07, 6.45) is 0. The summed E-state index contributed by atoms with van der Waals surface area (Å²) in [6.45, 7) is 0. The Morgan fingerprint density at radius 3 is 1.59 bits per heavy atom. The number of anilines is 3. The Hall–Kier alpha value is -7.94. The molecule has 1 spiro atoms. The van der Waals surface area contributed by atoms with Gasteiger partial charge in [0.2, 0.25) is 0 Å². The molecule has 0 bridgehead atoms. The maximum Gasteiger partial charge on any atom is 0.143 e. The molecule has 0 atom stereocenters. The van der Waals surface area contributed by atoms with Gasteiger partial charge in [0.15, 0.2) is 0 Å². The first-order chi connectivity index (χ1) is 30.3. The Bertz CT molecular complexity index is 3480. The molecule has 2 aliphatic carbocycles. The second kappa shape index (κ2) is 13.0. The van der Waals surface area contributed by atoms with E-state index in [9.17, 15) is 0 Å². The highest BCUT2D eigenvalue weighted by atomic mass is 16.3. The van der Waals surface area contributed by atoms with Crippen molar-refractivity contribution < 1.29 is 4.42 Å². The van der Waals surface area contributed by atoms with Crippen LogP contribution >= 0.6 is 0 Å². The average molecular weight is 776 g/mol. The lowest BCUT2D eigenvalue weighted by Crippen LogP contribution is -2.25. The number of hydrogen-bond acceptors (Lipinski definition) is 2. The third kappa shape index (κ3) is 4.73. The first-order valence-electron chi connectivity index (χ1n) is 21.1. The van der Waals surface area contributed by atoms with E-state index in [0.29, 0.717) is 0 Å². The summed E-state index contributed by atoms with van der Waals surface area (Å²) in [6, 6.07) is 82.0. The van der Waals surface area contributed by atoms with Gasteiger partial charge in [0.05, 0.1) is 16.5 Å². The van der Waals surface area contributed by atoms with E-state index in [0.717, 1.165) is 44.4 Å².